The van der Waals surface area contributed by atoms with Gasteiger partial charge in [-0.15, -0.1) is 12.4 Å². The Kier molecular flexibility index (Phi) is 7.06. The number of carbonyl (C=O) groups excluding carboxylic acids is 1. The van der Waals surface area contributed by atoms with Gasteiger partial charge in [-0.05, 0) is 31.0 Å². The molecule has 1 aromatic heterocycles. The third-order valence-electron chi connectivity index (χ3n) is 3.46. The summed E-state index contributed by atoms with van der Waals surface area (Å²) >= 11 is 1.42. The van der Waals surface area contributed by atoms with Crippen LogP contribution in [0.15, 0.2) is 18.2 Å². The molecule has 2 atom stereocenters. The number of thiazole rings is 1. The van der Waals surface area contributed by atoms with E-state index in [4.69, 9.17) is 10.5 Å². The van der Waals surface area contributed by atoms with Crippen molar-refractivity contribution in [2.45, 2.75) is 33.2 Å². The molecule has 0 radical (unpaired) electrons. The molecule has 0 aliphatic carbocycles. The Labute approximate surface area is 140 Å². The fourth-order valence-corrected chi connectivity index (χ4v) is 2.81. The average Bonchev–Trinajstić information content (AvgIpc) is 2.87. The highest BCUT2D eigenvalue weighted by atomic mass is 35.5. The van der Waals surface area contributed by atoms with E-state index in [1.54, 1.807) is 0 Å². The van der Waals surface area contributed by atoms with Crippen LogP contribution < -0.4 is 15.8 Å². The van der Waals surface area contributed by atoms with Crippen LogP contribution in [0.3, 0.4) is 0 Å². The highest BCUT2D eigenvalue weighted by Crippen LogP contribution is 2.29. The number of hydrogen-bond acceptors (Lipinski definition) is 5. The fraction of sp³-hybridized carbons (Fsp3) is 0.467. The highest BCUT2D eigenvalue weighted by Gasteiger charge is 2.20. The molecule has 3 N–H and O–H groups in total. The number of nitrogens with two attached hydrogens (primary N) is 1. The summed E-state index contributed by atoms with van der Waals surface area (Å²) in [5.41, 5.74) is 6.77. The minimum absolute atomic E-state index is 0. The second-order valence-electron chi connectivity index (χ2n) is 4.98. The molecule has 5 nitrogen and oxygen atoms in total. The first kappa shape index (κ1) is 18.7. The number of ether oxygens (including phenoxy) is 1. The van der Waals surface area contributed by atoms with Gasteiger partial charge in [0.15, 0.2) is 5.13 Å². The van der Waals surface area contributed by atoms with Crippen LogP contribution in [0.2, 0.25) is 0 Å². The highest BCUT2D eigenvalue weighted by molar-refractivity contribution is 7.22. The van der Waals surface area contributed by atoms with Gasteiger partial charge in [-0.25, -0.2) is 4.98 Å². The number of anilines is 1. The smallest absolute Gasteiger partial charge is 0.243 e. The molecule has 1 heterocycles. The van der Waals surface area contributed by atoms with Crippen molar-refractivity contribution in [1.82, 2.24) is 4.98 Å². The van der Waals surface area contributed by atoms with Crippen molar-refractivity contribution in [1.29, 1.82) is 0 Å². The number of nitrogens with one attached hydrogen (secondary N) is 1. The number of hydrogen-bond donors (Lipinski definition) is 2. The predicted molar refractivity (Wildman–Crippen MR) is 94.1 cm³/mol. The number of benzene rings is 1. The molecule has 0 bridgehead atoms. The Morgan fingerprint density at radius 2 is 2.18 bits per heavy atom. The molecule has 2 rings (SSSR count). The Bertz CT molecular complexity index is 632. The average molecular weight is 344 g/mol. The lowest BCUT2D eigenvalue weighted by atomic mass is 10.00. The maximum absolute atomic E-state index is 12.1. The van der Waals surface area contributed by atoms with Gasteiger partial charge in [0.25, 0.3) is 0 Å². The molecule has 2 unspecified atom stereocenters. The zero-order chi connectivity index (χ0) is 15.4. The summed E-state index contributed by atoms with van der Waals surface area (Å²) in [5.74, 6) is 0.764. The van der Waals surface area contributed by atoms with Crippen LogP contribution in [-0.4, -0.2) is 23.5 Å². The van der Waals surface area contributed by atoms with E-state index in [-0.39, 0.29) is 24.2 Å². The van der Waals surface area contributed by atoms with Crippen molar-refractivity contribution in [3.05, 3.63) is 18.2 Å². The standard InChI is InChI=1S/C15H21N3O2S.ClH/c1-4-9(3)13(16)14(19)18-15-17-11-7-6-10(20-5-2)8-12(11)21-15;/h6-9,13H,4-5,16H2,1-3H3,(H,17,18,19);1H. The van der Waals surface area contributed by atoms with Crippen LogP contribution in [0, 0.1) is 5.92 Å². The van der Waals surface area contributed by atoms with Gasteiger partial charge in [0, 0.05) is 0 Å². The van der Waals surface area contributed by atoms with Gasteiger partial charge >= 0.3 is 0 Å². The molecule has 0 aliphatic rings. The lowest BCUT2D eigenvalue weighted by molar-refractivity contribution is -0.118. The van der Waals surface area contributed by atoms with Gasteiger partial charge in [-0.2, -0.15) is 0 Å². The number of rotatable bonds is 6. The normalized spacial score (nSPS) is 13.3. The van der Waals surface area contributed by atoms with Crippen molar-refractivity contribution in [2.75, 3.05) is 11.9 Å². The van der Waals surface area contributed by atoms with Crippen molar-refractivity contribution in [3.8, 4) is 5.75 Å². The van der Waals surface area contributed by atoms with Crippen molar-refractivity contribution in [2.24, 2.45) is 11.7 Å². The molecule has 0 aliphatic heterocycles. The van der Waals surface area contributed by atoms with E-state index in [9.17, 15) is 4.79 Å². The van der Waals surface area contributed by atoms with Crippen LogP contribution >= 0.6 is 23.7 Å². The second kappa shape index (κ2) is 8.31. The van der Waals surface area contributed by atoms with Crippen molar-refractivity contribution in [3.63, 3.8) is 0 Å². The Balaban J connectivity index is 0.00000242. The topological polar surface area (TPSA) is 77.2 Å². The van der Waals surface area contributed by atoms with Crippen LogP contribution in [0.25, 0.3) is 10.2 Å². The summed E-state index contributed by atoms with van der Waals surface area (Å²) in [6, 6.07) is 5.19. The van der Waals surface area contributed by atoms with Crippen LogP contribution in [0.4, 0.5) is 5.13 Å². The molecule has 122 valence electrons. The zero-order valence-corrected chi connectivity index (χ0v) is 14.6. The number of nitrogens with zero attached hydrogens (tertiary/aromatic N) is 1. The minimum atomic E-state index is -0.513. The van der Waals surface area contributed by atoms with Gasteiger partial charge < -0.3 is 15.8 Å². The summed E-state index contributed by atoms with van der Waals surface area (Å²) in [6.07, 6.45) is 0.867. The van der Waals surface area contributed by atoms with Crippen LogP contribution in [-0.2, 0) is 4.79 Å². The summed E-state index contributed by atoms with van der Waals surface area (Å²) in [4.78, 5) is 16.5. The molecule has 0 spiro atoms. The number of aromatic nitrogens is 1. The molecule has 0 saturated heterocycles. The SMILES string of the molecule is CCOc1ccc2nc(NC(=O)C(N)C(C)CC)sc2c1.Cl. The van der Waals surface area contributed by atoms with Gasteiger partial charge in [-0.1, -0.05) is 31.6 Å². The van der Waals surface area contributed by atoms with Gasteiger partial charge in [0.2, 0.25) is 5.91 Å². The molecule has 0 fully saturated rings. The minimum Gasteiger partial charge on any atom is -0.494 e. The second-order valence-corrected chi connectivity index (χ2v) is 6.01. The molecule has 0 saturated carbocycles. The molecular formula is C15H22ClN3O2S. The van der Waals surface area contributed by atoms with Gasteiger partial charge in [0.05, 0.1) is 22.9 Å². The summed E-state index contributed by atoms with van der Waals surface area (Å²) in [7, 11) is 0. The number of fused-ring (bicyclic) bond motifs is 1. The lowest BCUT2D eigenvalue weighted by Gasteiger charge is -2.16. The Morgan fingerprint density at radius 1 is 1.45 bits per heavy atom. The third kappa shape index (κ3) is 4.32. The van der Waals surface area contributed by atoms with Crippen molar-refractivity contribution < 1.29 is 9.53 Å². The van der Waals surface area contributed by atoms with E-state index in [2.05, 4.69) is 10.3 Å². The number of carbonyl (C=O) groups is 1. The fourth-order valence-electron chi connectivity index (χ4n) is 1.92. The van der Waals surface area contributed by atoms with Crippen LogP contribution in [0.5, 0.6) is 5.75 Å². The lowest BCUT2D eigenvalue weighted by Crippen LogP contribution is -2.40. The first-order valence-electron chi connectivity index (χ1n) is 7.15. The molecule has 22 heavy (non-hydrogen) atoms. The summed E-state index contributed by atoms with van der Waals surface area (Å²) in [6.45, 7) is 6.55. The van der Waals surface area contributed by atoms with E-state index < -0.39 is 6.04 Å². The maximum Gasteiger partial charge on any atom is 0.243 e. The van der Waals surface area contributed by atoms with E-state index in [1.165, 1.54) is 11.3 Å². The van der Waals surface area contributed by atoms with E-state index in [0.29, 0.717) is 11.7 Å². The third-order valence-corrected chi connectivity index (χ3v) is 4.39. The molecule has 1 amide bonds. The monoisotopic (exact) mass is 343 g/mol. The van der Waals surface area contributed by atoms with E-state index in [0.717, 1.165) is 22.4 Å². The Morgan fingerprint density at radius 3 is 2.82 bits per heavy atom. The summed E-state index contributed by atoms with van der Waals surface area (Å²) in [5, 5.41) is 3.37. The molecular weight excluding hydrogens is 322 g/mol. The van der Waals surface area contributed by atoms with Crippen LogP contribution in [0.1, 0.15) is 27.2 Å². The largest absolute Gasteiger partial charge is 0.494 e. The van der Waals surface area contributed by atoms with Gasteiger partial charge in [0.1, 0.15) is 5.75 Å². The zero-order valence-electron chi connectivity index (χ0n) is 13.0. The van der Waals surface area contributed by atoms with E-state index in [1.807, 2.05) is 39.0 Å². The molecule has 1 aromatic carbocycles. The van der Waals surface area contributed by atoms with Gasteiger partial charge in [-0.3, -0.25) is 4.79 Å². The maximum atomic E-state index is 12.1. The summed E-state index contributed by atoms with van der Waals surface area (Å²) < 4.78 is 6.44. The quantitative estimate of drug-likeness (QED) is 0.842. The molecule has 7 heteroatoms. The first-order valence-corrected chi connectivity index (χ1v) is 7.96. The predicted octanol–water partition coefficient (Wildman–Crippen LogP) is 3.43. The first-order chi connectivity index (χ1) is 10.0. The number of amides is 1. The van der Waals surface area contributed by atoms with E-state index >= 15 is 0 Å². The molecule has 2 aromatic rings. The van der Waals surface area contributed by atoms with Crippen molar-refractivity contribution >= 4 is 45.0 Å². The number of halogens is 1. The Hall–Kier alpha value is -1.37.